The van der Waals surface area contributed by atoms with Crippen LogP contribution in [-0.2, 0) is 17.6 Å². The summed E-state index contributed by atoms with van der Waals surface area (Å²) in [6.45, 7) is 2.48. The van der Waals surface area contributed by atoms with Crippen molar-refractivity contribution >= 4 is 11.6 Å². The first-order valence-electron chi connectivity index (χ1n) is 7.03. The zero-order valence-corrected chi connectivity index (χ0v) is 11.6. The Hall–Kier alpha value is -1.39. The minimum Gasteiger partial charge on any atom is -0.330 e. The predicted molar refractivity (Wildman–Crippen MR) is 78.4 cm³/mol. The number of unbranched alkanes of at least 4 members (excludes halogenated alkanes) is 1. The van der Waals surface area contributed by atoms with E-state index in [0.29, 0.717) is 13.0 Å². The van der Waals surface area contributed by atoms with E-state index >= 15 is 0 Å². The SMILES string of the molecule is CNCCCCN1C(=O)Cc2cc(CCN)ccc21. The third-order valence-electron chi connectivity index (χ3n) is 3.57. The minimum atomic E-state index is 0.226. The molecule has 0 spiro atoms. The second-order valence-electron chi connectivity index (χ2n) is 5.03. The van der Waals surface area contributed by atoms with Crippen molar-refractivity contribution in [1.29, 1.82) is 0 Å². The Morgan fingerprint density at radius 2 is 2.21 bits per heavy atom. The molecule has 3 N–H and O–H groups in total. The van der Waals surface area contributed by atoms with Gasteiger partial charge in [0, 0.05) is 12.2 Å². The van der Waals surface area contributed by atoms with Crippen LogP contribution in [0.2, 0.25) is 0 Å². The van der Waals surface area contributed by atoms with Crippen LogP contribution in [0.25, 0.3) is 0 Å². The van der Waals surface area contributed by atoms with Crippen LogP contribution in [0, 0.1) is 0 Å². The zero-order valence-electron chi connectivity index (χ0n) is 11.6. The first kappa shape index (κ1) is 14.0. The van der Waals surface area contributed by atoms with E-state index in [-0.39, 0.29) is 5.91 Å². The number of rotatable bonds is 7. The molecule has 1 aromatic carbocycles. The molecule has 1 heterocycles. The fourth-order valence-corrected chi connectivity index (χ4v) is 2.58. The van der Waals surface area contributed by atoms with Gasteiger partial charge >= 0.3 is 0 Å². The molecule has 19 heavy (non-hydrogen) atoms. The van der Waals surface area contributed by atoms with E-state index in [1.807, 2.05) is 11.9 Å². The standard InChI is InChI=1S/C15H23N3O/c1-17-8-2-3-9-18-14-5-4-12(6-7-16)10-13(14)11-15(18)19/h4-5,10,17H,2-3,6-9,11,16H2,1H3. The van der Waals surface area contributed by atoms with Gasteiger partial charge in [-0.05, 0) is 56.6 Å². The average molecular weight is 261 g/mol. The molecule has 1 aliphatic rings. The normalized spacial score (nSPS) is 14.0. The molecule has 4 nitrogen and oxygen atoms in total. The smallest absolute Gasteiger partial charge is 0.231 e. The van der Waals surface area contributed by atoms with Gasteiger partial charge in [-0.15, -0.1) is 0 Å². The van der Waals surface area contributed by atoms with Crippen molar-refractivity contribution in [3.05, 3.63) is 29.3 Å². The number of nitrogens with two attached hydrogens (primary N) is 1. The van der Waals surface area contributed by atoms with Crippen LogP contribution in [0.5, 0.6) is 0 Å². The number of amides is 1. The molecule has 0 atom stereocenters. The van der Waals surface area contributed by atoms with Gasteiger partial charge in [-0.2, -0.15) is 0 Å². The van der Waals surface area contributed by atoms with Crippen molar-refractivity contribution < 1.29 is 4.79 Å². The average Bonchev–Trinajstić information content (AvgIpc) is 2.70. The van der Waals surface area contributed by atoms with Gasteiger partial charge in [-0.25, -0.2) is 0 Å². The molecule has 0 fully saturated rings. The maximum absolute atomic E-state index is 12.0. The summed E-state index contributed by atoms with van der Waals surface area (Å²) in [4.78, 5) is 14.0. The predicted octanol–water partition coefficient (Wildman–Crippen LogP) is 1.08. The van der Waals surface area contributed by atoms with E-state index in [1.165, 1.54) is 5.56 Å². The number of hydrogen-bond acceptors (Lipinski definition) is 3. The number of benzene rings is 1. The Balaban J connectivity index is 2.02. The fraction of sp³-hybridized carbons (Fsp3) is 0.533. The van der Waals surface area contributed by atoms with E-state index < -0.39 is 0 Å². The Labute approximate surface area is 115 Å². The van der Waals surface area contributed by atoms with Gasteiger partial charge in [0.25, 0.3) is 0 Å². The Bertz CT molecular complexity index is 445. The third-order valence-corrected chi connectivity index (χ3v) is 3.57. The summed E-state index contributed by atoms with van der Waals surface area (Å²) in [5.41, 5.74) is 9.05. The van der Waals surface area contributed by atoms with Crippen molar-refractivity contribution in [2.45, 2.75) is 25.7 Å². The number of carbonyl (C=O) groups excluding carboxylic acids is 1. The lowest BCUT2D eigenvalue weighted by Crippen LogP contribution is -2.28. The molecule has 4 heteroatoms. The third kappa shape index (κ3) is 3.33. The van der Waals surface area contributed by atoms with Crippen molar-refractivity contribution in [3.63, 3.8) is 0 Å². The molecule has 0 unspecified atom stereocenters. The van der Waals surface area contributed by atoms with Crippen LogP contribution in [0.1, 0.15) is 24.0 Å². The second-order valence-corrected chi connectivity index (χ2v) is 5.03. The molecule has 0 aromatic heterocycles. The van der Waals surface area contributed by atoms with Crippen LogP contribution < -0.4 is 16.0 Å². The van der Waals surface area contributed by atoms with Gasteiger partial charge in [0.15, 0.2) is 0 Å². The van der Waals surface area contributed by atoms with Gasteiger partial charge < -0.3 is 16.0 Å². The number of nitrogens with one attached hydrogen (secondary N) is 1. The highest BCUT2D eigenvalue weighted by Gasteiger charge is 2.26. The molecule has 0 saturated carbocycles. The number of nitrogens with zero attached hydrogens (tertiary/aromatic N) is 1. The van der Waals surface area contributed by atoms with Gasteiger partial charge in [0.1, 0.15) is 0 Å². The summed E-state index contributed by atoms with van der Waals surface area (Å²) in [7, 11) is 1.95. The molecule has 0 aliphatic carbocycles. The summed E-state index contributed by atoms with van der Waals surface area (Å²) < 4.78 is 0. The molecule has 1 amide bonds. The van der Waals surface area contributed by atoms with E-state index in [1.54, 1.807) is 0 Å². The number of fused-ring (bicyclic) bond motifs is 1. The zero-order chi connectivity index (χ0) is 13.7. The van der Waals surface area contributed by atoms with Gasteiger partial charge in [0.2, 0.25) is 5.91 Å². The van der Waals surface area contributed by atoms with Gasteiger partial charge in [0.05, 0.1) is 6.42 Å². The molecular formula is C15H23N3O. The van der Waals surface area contributed by atoms with Crippen molar-refractivity contribution in [1.82, 2.24) is 5.32 Å². The van der Waals surface area contributed by atoms with Crippen molar-refractivity contribution in [2.24, 2.45) is 5.73 Å². The van der Waals surface area contributed by atoms with Crippen LogP contribution in [0.15, 0.2) is 18.2 Å². The number of carbonyl (C=O) groups is 1. The van der Waals surface area contributed by atoms with E-state index in [0.717, 1.165) is 43.6 Å². The first-order chi connectivity index (χ1) is 9.26. The van der Waals surface area contributed by atoms with Crippen LogP contribution in [0.3, 0.4) is 0 Å². The molecule has 2 rings (SSSR count). The Kier molecular flexibility index (Phi) is 4.93. The van der Waals surface area contributed by atoms with Crippen LogP contribution in [0.4, 0.5) is 5.69 Å². The molecule has 0 bridgehead atoms. The van der Waals surface area contributed by atoms with E-state index in [4.69, 9.17) is 5.73 Å². The minimum absolute atomic E-state index is 0.226. The van der Waals surface area contributed by atoms with E-state index in [2.05, 4.69) is 23.5 Å². The molecule has 104 valence electrons. The first-order valence-corrected chi connectivity index (χ1v) is 7.03. The maximum atomic E-state index is 12.0. The topological polar surface area (TPSA) is 58.4 Å². The van der Waals surface area contributed by atoms with Crippen molar-refractivity contribution in [3.8, 4) is 0 Å². The van der Waals surface area contributed by atoms with Gasteiger partial charge in [-0.3, -0.25) is 4.79 Å². The number of hydrogen-bond donors (Lipinski definition) is 2. The lowest BCUT2D eigenvalue weighted by Gasteiger charge is -2.17. The van der Waals surface area contributed by atoms with Crippen molar-refractivity contribution in [2.75, 3.05) is 31.6 Å². The maximum Gasteiger partial charge on any atom is 0.231 e. The highest BCUT2D eigenvalue weighted by molar-refractivity contribution is 6.01. The molecule has 0 saturated heterocycles. The summed E-state index contributed by atoms with van der Waals surface area (Å²) >= 11 is 0. The Morgan fingerprint density at radius 1 is 1.37 bits per heavy atom. The van der Waals surface area contributed by atoms with Crippen LogP contribution >= 0.6 is 0 Å². The molecule has 0 radical (unpaired) electrons. The monoisotopic (exact) mass is 261 g/mol. The highest BCUT2D eigenvalue weighted by atomic mass is 16.2. The summed E-state index contributed by atoms with van der Waals surface area (Å²) in [6.07, 6.45) is 3.56. The fourth-order valence-electron chi connectivity index (χ4n) is 2.58. The Morgan fingerprint density at radius 3 is 2.95 bits per heavy atom. The molecule has 1 aromatic rings. The lowest BCUT2D eigenvalue weighted by molar-refractivity contribution is -0.117. The molecular weight excluding hydrogens is 238 g/mol. The van der Waals surface area contributed by atoms with E-state index in [9.17, 15) is 4.79 Å². The summed E-state index contributed by atoms with van der Waals surface area (Å²) in [5.74, 6) is 0.226. The highest BCUT2D eigenvalue weighted by Crippen LogP contribution is 2.30. The molecule has 1 aliphatic heterocycles. The summed E-state index contributed by atoms with van der Waals surface area (Å²) in [5, 5.41) is 3.13. The quantitative estimate of drug-likeness (QED) is 0.722. The van der Waals surface area contributed by atoms with Gasteiger partial charge in [-0.1, -0.05) is 12.1 Å². The second kappa shape index (κ2) is 6.68. The van der Waals surface area contributed by atoms with Crippen LogP contribution in [-0.4, -0.2) is 32.6 Å². The number of anilines is 1. The lowest BCUT2D eigenvalue weighted by atomic mass is 10.1. The largest absolute Gasteiger partial charge is 0.330 e. The summed E-state index contributed by atoms with van der Waals surface area (Å²) in [6, 6.07) is 6.29.